The van der Waals surface area contributed by atoms with Crippen LogP contribution in [-0.2, 0) is 17.8 Å². The number of fused-ring (bicyclic) bond motifs is 1. The lowest BCUT2D eigenvalue weighted by molar-refractivity contribution is -0.167. The van der Waals surface area contributed by atoms with Gasteiger partial charge in [0.25, 0.3) is 0 Å². The summed E-state index contributed by atoms with van der Waals surface area (Å²) in [4.78, 5) is 19.0. The maximum Gasteiger partial charge on any atom is 0.471 e. The van der Waals surface area contributed by atoms with Gasteiger partial charge in [-0.2, -0.15) is 18.2 Å². The predicted octanol–water partition coefficient (Wildman–Crippen LogP) is 1.47. The molecule has 1 amide bonds. The van der Waals surface area contributed by atoms with E-state index in [1.165, 1.54) is 4.68 Å². The minimum Gasteiger partial charge on any atom is -0.330 e. The van der Waals surface area contributed by atoms with Crippen molar-refractivity contribution in [1.29, 1.82) is 0 Å². The van der Waals surface area contributed by atoms with E-state index in [9.17, 15) is 18.0 Å². The molecule has 2 aromatic heterocycles. The highest BCUT2D eigenvalue weighted by atomic mass is 19.4. The average molecular weight is 314 g/mol. The molecule has 0 saturated heterocycles. The maximum absolute atomic E-state index is 12.2. The molecule has 3 rings (SSSR count). The molecule has 0 aliphatic carbocycles. The van der Waals surface area contributed by atoms with Crippen LogP contribution in [0.15, 0.2) is 12.4 Å². The standard InChI is InChI=1S/C12H13F3N6O/c1-7-16-4-5-20(7)8-2-3-9-17-11(19-21(9)6-8)18-10(22)12(13,14)15/h4-5,8H,2-3,6H2,1H3,(H,18,19,22). The topological polar surface area (TPSA) is 77.6 Å². The summed E-state index contributed by atoms with van der Waals surface area (Å²) in [5.74, 6) is -0.969. The van der Waals surface area contributed by atoms with Gasteiger partial charge in [-0.3, -0.25) is 10.1 Å². The lowest BCUT2D eigenvalue weighted by Gasteiger charge is -2.24. The second-order valence-electron chi connectivity index (χ2n) is 5.06. The third-order valence-corrected chi connectivity index (χ3v) is 3.57. The molecule has 0 radical (unpaired) electrons. The molecule has 118 valence electrons. The third-order valence-electron chi connectivity index (χ3n) is 3.57. The van der Waals surface area contributed by atoms with Crippen molar-refractivity contribution in [3.63, 3.8) is 0 Å². The number of amides is 1. The number of aromatic nitrogens is 5. The van der Waals surface area contributed by atoms with Gasteiger partial charge in [-0.25, -0.2) is 9.67 Å². The Morgan fingerprint density at radius 2 is 2.23 bits per heavy atom. The summed E-state index contributed by atoms with van der Waals surface area (Å²) < 4.78 is 40.2. The van der Waals surface area contributed by atoms with Crippen LogP contribution in [0.4, 0.5) is 19.1 Å². The molecule has 2 aromatic rings. The Labute approximate surface area is 123 Å². The Bertz CT molecular complexity index is 704. The van der Waals surface area contributed by atoms with Crippen molar-refractivity contribution >= 4 is 11.9 Å². The number of imidazole rings is 1. The van der Waals surface area contributed by atoms with Gasteiger partial charge in [0.1, 0.15) is 11.6 Å². The second kappa shape index (κ2) is 5.11. The predicted molar refractivity (Wildman–Crippen MR) is 69.0 cm³/mol. The molecule has 0 fully saturated rings. The zero-order valence-electron chi connectivity index (χ0n) is 11.6. The molecular formula is C12H13F3N6O. The summed E-state index contributed by atoms with van der Waals surface area (Å²) in [6.45, 7) is 2.35. The van der Waals surface area contributed by atoms with Crippen LogP contribution in [0.1, 0.15) is 24.1 Å². The van der Waals surface area contributed by atoms with Gasteiger partial charge in [-0.1, -0.05) is 0 Å². The molecule has 22 heavy (non-hydrogen) atoms. The van der Waals surface area contributed by atoms with Crippen molar-refractivity contribution in [3.8, 4) is 0 Å². The van der Waals surface area contributed by atoms with Gasteiger partial charge >= 0.3 is 12.1 Å². The first kappa shape index (κ1) is 14.5. The Hall–Kier alpha value is -2.39. The van der Waals surface area contributed by atoms with Crippen LogP contribution in [0, 0.1) is 6.92 Å². The molecule has 1 unspecified atom stereocenters. The van der Waals surface area contributed by atoms with E-state index < -0.39 is 12.1 Å². The maximum atomic E-state index is 12.2. The minimum atomic E-state index is -4.96. The van der Waals surface area contributed by atoms with Gasteiger partial charge in [-0.05, 0) is 13.3 Å². The van der Waals surface area contributed by atoms with Crippen molar-refractivity contribution in [2.45, 2.75) is 38.5 Å². The number of anilines is 1. The number of halogens is 3. The van der Waals surface area contributed by atoms with Crippen LogP contribution in [0.5, 0.6) is 0 Å². The lowest BCUT2D eigenvalue weighted by atomic mass is 10.1. The summed E-state index contributed by atoms with van der Waals surface area (Å²) in [5, 5.41) is 5.61. The quantitative estimate of drug-likeness (QED) is 0.910. The number of hydrogen-bond donors (Lipinski definition) is 1. The zero-order valence-corrected chi connectivity index (χ0v) is 11.6. The van der Waals surface area contributed by atoms with Crippen molar-refractivity contribution in [2.75, 3.05) is 5.32 Å². The second-order valence-corrected chi connectivity index (χ2v) is 5.06. The monoisotopic (exact) mass is 314 g/mol. The number of hydrogen-bond acceptors (Lipinski definition) is 4. The van der Waals surface area contributed by atoms with E-state index in [0.29, 0.717) is 18.8 Å². The molecule has 0 saturated carbocycles. The molecule has 0 aromatic carbocycles. The van der Waals surface area contributed by atoms with Crippen molar-refractivity contribution in [3.05, 3.63) is 24.0 Å². The number of nitrogens with one attached hydrogen (secondary N) is 1. The van der Waals surface area contributed by atoms with E-state index in [1.807, 2.05) is 17.7 Å². The summed E-state index contributed by atoms with van der Waals surface area (Å²) in [7, 11) is 0. The molecule has 1 N–H and O–H groups in total. The van der Waals surface area contributed by atoms with Crippen LogP contribution in [0.2, 0.25) is 0 Å². The number of rotatable bonds is 2. The first-order chi connectivity index (χ1) is 10.3. The van der Waals surface area contributed by atoms with Crippen molar-refractivity contribution in [2.24, 2.45) is 0 Å². The van der Waals surface area contributed by atoms with E-state index in [2.05, 4.69) is 15.1 Å². The highest BCUT2D eigenvalue weighted by Crippen LogP contribution is 2.25. The van der Waals surface area contributed by atoms with Gasteiger partial charge in [0.2, 0.25) is 5.95 Å². The number of alkyl halides is 3. The summed E-state index contributed by atoms with van der Waals surface area (Å²) in [6, 6.07) is 0.114. The van der Waals surface area contributed by atoms with Gasteiger partial charge in [0, 0.05) is 18.8 Å². The third kappa shape index (κ3) is 2.68. The van der Waals surface area contributed by atoms with Crippen molar-refractivity contribution < 1.29 is 18.0 Å². The summed E-state index contributed by atoms with van der Waals surface area (Å²) >= 11 is 0. The van der Waals surface area contributed by atoms with Crippen LogP contribution in [-0.4, -0.2) is 36.4 Å². The fourth-order valence-electron chi connectivity index (χ4n) is 2.52. The van der Waals surface area contributed by atoms with Crippen LogP contribution in [0.3, 0.4) is 0 Å². The smallest absolute Gasteiger partial charge is 0.330 e. The highest BCUT2D eigenvalue weighted by Gasteiger charge is 2.39. The van der Waals surface area contributed by atoms with Crippen LogP contribution >= 0.6 is 0 Å². The Balaban J connectivity index is 1.76. The molecule has 3 heterocycles. The summed E-state index contributed by atoms with van der Waals surface area (Å²) in [5.41, 5.74) is 0. The van der Waals surface area contributed by atoms with Gasteiger partial charge in [0.15, 0.2) is 0 Å². The van der Waals surface area contributed by atoms with E-state index in [1.54, 1.807) is 11.5 Å². The first-order valence-electron chi connectivity index (χ1n) is 6.66. The number of carbonyl (C=O) groups excluding carboxylic acids is 1. The normalized spacial score (nSPS) is 18.1. The zero-order chi connectivity index (χ0) is 15.9. The molecule has 1 atom stereocenters. The SMILES string of the molecule is Cc1nccn1C1CCc2nc(NC(=O)C(F)(F)F)nn2C1. The van der Waals surface area contributed by atoms with E-state index in [0.717, 1.165) is 12.2 Å². The number of nitrogens with zero attached hydrogens (tertiary/aromatic N) is 5. The summed E-state index contributed by atoms with van der Waals surface area (Å²) in [6.07, 6.45) is -0.0581. The lowest BCUT2D eigenvalue weighted by Crippen LogP contribution is -2.30. The number of aryl methyl sites for hydroxylation is 2. The highest BCUT2D eigenvalue weighted by molar-refractivity contribution is 5.93. The largest absolute Gasteiger partial charge is 0.471 e. The number of carbonyl (C=O) groups is 1. The fraction of sp³-hybridized carbons (Fsp3) is 0.500. The molecule has 0 spiro atoms. The Kier molecular flexibility index (Phi) is 3.38. The molecule has 1 aliphatic heterocycles. The first-order valence-corrected chi connectivity index (χ1v) is 6.66. The minimum absolute atomic E-state index is 0.114. The van der Waals surface area contributed by atoms with E-state index in [4.69, 9.17) is 0 Å². The molecular weight excluding hydrogens is 301 g/mol. The van der Waals surface area contributed by atoms with E-state index >= 15 is 0 Å². The van der Waals surface area contributed by atoms with Crippen LogP contribution in [0.25, 0.3) is 0 Å². The Morgan fingerprint density at radius 3 is 2.86 bits per heavy atom. The molecule has 0 bridgehead atoms. The molecule has 7 nitrogen and oxygen atoms in total. The fourth-order valence-corrected chi connectivity index (χ4v) is 2.52. The van der Waals surface area contributed by atoms with Crippen LogP contribution < -0.4 is 5.32 Å². The van der Waals surface area contributed by atoms with Gasteiger partial charge in [-0.15, -0.1) is 5.10 Å². The van der Waals surface area contributed by atoms with Gasteiger partial charge < -0.3 is 4.57 Å². The van der Waals surface area contributed by atoms with Crippen molar-refractivity contribution in [1.82, 2.24) is 24.3 Å². The average Bonchev–Trinajstić information content (AvgIpc) is 3.02. The molecule has 1 aliphatic rings. The Morgan fingerprint density at radius 1 is 1.45 bits per heavy atom. The van der Waals surface area contributed by atoms with Gasteiger partial charge in [0.05, 0.1) is 12.6 Å². The molecule has 10 heteroatoms. The van der Waals surface area contributed by atoms with E-state index in [-0.39, 0.29) is 12.0 Å².